The first kappa shape index (κ1) is 21.3. The molecule has 0 bridgehead atoms. The van der Waals surface area contributed by atoms with Gasteiger partial charge in [-0.2, -0.15) is 0 Å². The zero-order chi connectivity index (χ0) is 20.5. The molecule has 1 fully saturated rings. The van der Waals surface area contributed by atoms with Crippen molar-refractivity contribution in [1.82, 2.24) is 9.55 Å². The molecule has 2 N–H and O–H groups in total. The van der Waals surface area contributed by atoms with Crippen LogP contribution in [-0.2, 0) is 0 Å². The average Bonchev–Trinajstić information content (AvgIpc) is 2.79. The van der Waals surface area contributed by atoms with Gasteiger partial charge < -0.3 is 10.6 Å². The van der Waals surface area contributed by atoms with Crippen molar-refractivity contribution in [2.45, 2.75) is 57.0 Å². The summed E-state index contributed by atoms with van der Waals surface area (Å²) in [4.78, 5) is 19.4. The van der Waals surface area contributed by atoms with Gasteiger partial charge in [0, 0.05) is 31.1 Å². The van der Waals surface area contributed by atoms with Gasteiger partial charge in [-0.05, 0) is 38.7 Å². The third-order valence-corrected chi connectivity index (χ3v) is 6.32. The molecule has 2 heterocycles. The number of alkyl halides is 2. The van der Waals surface area contributed by atoms with Crippen LogP contribution in [0.15, 0.2) is 33.1 Å². The highest BCUT2D eigenvalue weighted by atomic mass is 35.5. The van der Waals surface area contributed by atoms with Crippen LogP contribution in [0.25, 0.3) is 0 Å². The molecule has 28 heavy (non-hydrogen) atoms. The van der Waals surface area contributed by atoms with E-state index >= 15 is 0 Å². The maximum atomic E-state index is 12.8. The Kier molecular flexibility index (Phi) is 6.47. The zero-order valence-electron chi connectivity index (χ0n) is 15.7. The summed E-state index contributed by atoms with van der Waals surface area (Å²) in [7, 11) is 0. The predicted molar refractivity (Wildman–Crippen MR) is 108 cm³/mol. The Morgan fingerprint density at radius 3 is 2.79 bits per heavy atom. The zero-order valence-corrected chi connectivity index (χ0v) is 17.2. The fourth-order valence-electron chi connectivity index (χ4n) is 3.95. The van der Waals surface area contributed by atoms with E-state index < -0.39 is 12.0 Å². The van der Waals surface area contributed by atoms with Crippen LogP contribution in [0.5, 0.6) is 0 Å². The summed E-state index contributed by atoms with van der Waals surface area (Å²) in [5, 5.41) is 0.831. The lowest BCUT2D eigenvalue weighted by Gasteiger charge is -2.28. The fraction of sp³-hybridized carbons (Fsp3) is 0.579. The molecule has 1 unspecified atom stereocenters. The summed E-state index contributed by atoms with van der Waals surface area (Å²) in [6.45, 7) is 2.86. The second-order valence-corrected chi connectivity index (χ2v) is 8.33. The molecule has 1 aliphatic heterocycles. The normalized spacial score (nSPS) is 26.1. The van der Waals surface area contributed by atoms with Crippen molar-refractivity contribution in [3.8, 4) is 0 Å². The number of allylic oxidation sites excluding steroid dienone is 4. The molecule has 1 saturated heterocycles. The summed E-state index contributed by atoms with van der Waals surface area (Å²) >= 11 is 12.4. The van der Waals surface area contributed by atoms with Crippen molar-refractivity contribution in [1.29, 1.82) is 0 Å². The van der Waals surface area contributed by atoms with E-state index in [-0.39, 0.29) is 18.0 Å². The minimum Gasteiger partial charge on any atom is -0.356 e. The first-order valence-electron chi connectivity index (χ1n) is 9.34. The van der Waals surface area contributed by atoms with Crippen molar-refractivity contribution >= 4 is 29.0 Å². The molecule has 2 atom stereocenters. The molecule has 154 valence electrons. The van der Waals surface area contributed by atoms with Gasteiger partial charge in [0.2, 0.25) is 6.43 Å². The number of rotatable bonds is 4. The molecule has 1 aromatic heterocycles. The number of nitrogens with zero attached hydrogens (tertiary/aromatic N) is 3. The molecule has 0 saturated carbocycles. The van der Waals surface area contributed by atoms with Crippen LogP contribution in [0.4, 0.5) is 14.6 Å². The second kappa shape index (κ2) is 8.51. The summed E-state index contributed by atoms with van der Waals surface area (Å²) in [5.74, 6) is 1.07. The van der Waals surface area contributed by atoms with Gasteiger partial charge in [0.05, 0.1) is 16.1 Å². The smallest absolute Gasteiger partial charge is 0.256 e. The molecular formula is C19H24Cl2F2N4O. The number of hydrogen-bond donors (Lipinski definition) is 1. The van der Waals surface area contributed by atoms with Gasteiger partial charge in [0.1, 0.15) is 11.6 Å². The Bertz CT molecular complexity index is 855. The highest BCUT2D eigenvalue weighted by Gasteiger charge is 2.32. The highest BCUT2D eigenvalue weighted by Crippen LogP contribution is 2.34. The van der Waals surface area contributed by atoms with Crippen LogP contribution in [-0.4, -0.2) is 34.6 Å². The molecule has 0 radical (unpaired) electrons. The van der Waals surface area contributed by atoms with Crippen molar-refractivity contribution in [3.63, 3.8) is 0 Å². The van der Waals surface area contributed by atoms with Crippen molar-refractivity contribution in [2.75, 3.05) is 18.0 Å². The summed E-state index contributed by atoms with van der Waals surface area (Å²) < 4.78 is 27.2. The summed E-state index contributed by atoms with van der Waals surface area (Å²) in [6.07, 6.45) is 3.05. The number of aryl methyl sites for hydroxylation is 1. The van der Waals surface area contributed by atoms with E-state index in [0.29, 0.717) is 60.5 Å². The Hall–Kier alpha value is -1.44. The van der Waals surface area contributed by atoms with Gasteiger partial charge in [0.25, 0.3) is 5.56 Å². The van der Waals surface area contributed by atoms with E-state index in [9.17, 15) is 13.6 Å². The average molecular weight is 433 g/mol. The topological polar surface area (TPSA) is 64.2 Å². The Morgan fingerprint density at radius 1 is 1.36 bits per heavy atom. The van der Waals surface area contributed by atoms with Crippen molar-refractivity contribution in [2.24, 2.45) is 5.73 Å². The van der Waals surface area contributed by atoms with Crippen LogP contribution >= 0.6 is 23.2 Å². The number of halogens is 4. The molecule has 0 aromatic carbocycles. The number of aromatic nitrogens is 2. The van der Waals surface area contributed by atoms with Gasteiger partial charge in [-0.1, -0.05) is 29.3 Å². The molecule has 1 aromatic rings. The molecule has 2 aliphatic rings. The quantitative estimate of drug-likeness (QED) is 0.777. The van der Waals surface area contributed by atoms with E-state index in [1.54, 1.807) is 17.6 Å². The number of anilines is 1. The lowest BCUT2D eigenvalue weighted by molar-refractivity contribution is 0.0999. The van der Waals surface area contributed by atoms with E-state index in [1.165, 1.54) is 6.07 Å². The van der Waals surface area contributed by atoms with Gasteiger partial charge in [-0.15, -0.1) is 0 Å². The fourth-order valence-corrected chi connectivity index (χ4v) is 4.42. The van der Waals surface area contributed by atoms with Gasteiger partial charge in [0.15, 0.2) is 0 Å². The third kappa shape index (κ3) is 4.58. The SMILES string of the molecule is Cc1nc(N2CCC[C@](N)(CC(F)F)CC2)cc(=O)n1C1CC=CC(Cl)=C1Cl. The lowest BCUT2D eigenvalue weighted by atomic mass is 9.88. The standard InChI is InChI=1S/C19H24Cl2F2N4O/c1-12-25-16(26-8-3-6-19(24,7-9-26)11-15(22)23)10-17(28)27(12)14-5-2-4-13(20)18(14)21/h2,4,10,14-15H,3,5-9,11,24H2,1H3/t14?,19-/m1/s1. The van der Waals surface area contributed by atoms with E-state index in [4.69, 9.17) is 28.9 Å². The lowest BCUT2D eigenvalue weighted by Crippen LogP contribution is -2.42. The Balaban J connectivity index is 1.83. The molecule has 9 heteroatoms. The third-order valence-electron chi connectivity index (χ3n) is 5.44. The van der Waals surface area contributed by atoms with E-state index in [1.807, 2.05) is 11.0 Å². The van der Waals surface area contributed by atoms with Crippen LogP contribution in [0.2, 0.25) is 0 Å². The molecule has 3 rings (SSSR count). The van der Waals surface area contributed by atoms with Crippen LogP contribution in [0.1, 0.15) is 44.0 Å². The highest BCUT2D eigenvalue weighted by molar-refractivity contribution is 6.40. The van der Waals surface area contributed by atoms with E-state index in [2.05, 4.69) is 4.98 Å². The minimum absolute atomic E-state index is 0.221. The molecule has 1 aliphatic carbocycles. The second-order valence-electron chi connectivity index (χ2n) is 7.52. The monoisotopic (exact) mass is 432 g/mol. The van der Waals surface area contributed by atoms with Gasteiger partial charge >= 0.3 is 0 Å². The molecule has 0 spiro atoms. The predicted octanol–water partition coefficient (Wildman–Crippen LogP) is 4.08. The molecular weight excluding hydrogens is 409 g/mol. The van der Waals surface area contributed by atoms with Crippen molar-refractivity contribution in [3.05, 3.63) is 44.5 Å². The number of nitrogens with two attached hydrogens (primary N) is 1. The number of hydrogen-bond acceptors (Lipinski definition) is 4. The molecule has 0 amide bonds. The van der Waals surface area contributed by atoms with E-state index in [0.717, 1.165) is 0 Å². The first-order valence-corrected chi connectivity index (χ1v) is 10.1. The largest absolute Gasteiger partial charge is 0.356 e. The van der Waals surface area contributed by atoms with Crippen LogP contribution in [0.3, 0.4) is 0 Å². The summed E-state index contributed by atoms with van der Waals surface area (Å²) in [6, 6.07) is 1.10. The first-order chi connectivity index (χ1) is 13.2. The Morgan fingerprint density at radius 2 is 2.11 bits per heavy atom. The maximum absolute atomic E-state index is 12.8. The van der Waals surface area contributed by atoms with Crippen LogP contribution < -0.4 is 16.2 Å². The van der Waals surface area contributed by atoms with Gasteiger partial charge in [-0.25, -0.2) is 13.8 Å². The minimum atomic E-state index is -2.42. The maximum Gasteiger partial charge on any atom is 0.256 e. The van der Waals surface area contributed by atoms with Crippen molar-refractivity contribution < 1.29 is 8.78 Å². The molecule has 5 nitrogen and oxygen atoms in total. The summed E-state index contributed by atoms with van der Waals surface area (Å²) in [5.41, 5.74) is 5.08. The Labute approximate surface area is 172 Å². The van der Waals surface area contributed by atoms with Crippen LogP contribution in [0, 0.1) is 6.92 Å². The van der Waals surface area contributed by atoms with Gasteiger partial charge in [-0.3, -0.25) is 9.36 Å².